The van der Waals surface area contributed by atoms with Crippen LogP contribution in [0.2, 0.25) is 0 Å². The molecule has 0 aliphatic carbocycles. The molecule has 0 fully saturated rings. The van der Waals surface area contributed by atoms with Gasteiger partial charge in [0.1, 0.15) is 11.6 Å². The number of amides is 2. The molecule has 0 aliphatic heterocycles. The van der Waals surface area contributed by atoms with Crippen LogP contribution >= 0.6 is 0 Å². The van der Waals surface area contributed by atoms with Crippen LogP contribution in [-0.4, -0.2) is 37.5 Å². The summed E-state index contributed by atoms with van der Waals surface area (Å²) in [5.74, 6) is -1.55. The van der Waals surface area contributed by atoms with Crippen molar-refractivity contribution in [2.24, 2.45) is 5.73 Å². The number of anilines is 1. The molecule has 0 spiro atoms. The highest BCUT2D eigenvalue weighted by Crippen LogP contribution is 2.25. The third kappa shape index (κ3) is 6.88. The molecule has 0 bridgehead atoms. The van der Waals surface area contributed by atoms with Gasteiger partial charge in [-0.1, -0.05) is 32.0 Å². The van der Waals surface area contributed by atoms with Crippen LogP contribution in [-0.2, 0) is 19.1 Å². The average molecular weight is 416 g/mol. The molecule has 8 heteroatoms. The number of primary amides is 1. The summed E-state index contributed by atoms with van der Waals surface area (Å²) in [5, 5.41) is 0. The fourth-order valence-corrected chi connectivity index (χ4v) is 2.73. The molecule has 30 heavy (non-hydrogen) atoms. The van der Waals surface area contributed by atoms with Gasteiger partial charge < -0.3 is 20.1 Å². The Balaban J connectivity index is 1.94. The summed E-state index contributed by atoms with van der Waals surface area (Å²) in [4.78, 5) is 36.9. The van der Waals surface area contributed by atoms with Crippen LogP contribution < -0.4 is 15.4 Å². The Bertz CT molecular complexity index is 883. The van der Waals surface area contributed by atoms with Gasteiger partial charge in [-0.2, -0.15) is 0 Å². The van der Waals surface area contributed by atoms with E-state index in [1.54, 1.807) is 12.1 Å². The second-order valence-corrected chi connectivity index (χ2v) is 6.88. The molecule has 2 N–H and O–H groups in total. The molecule has 7 nitrogen and oxygen atoms in total. The second kappa shape index (κ2) is 10.9. The number of ether oxygens (including phenoxy) is 2. The van der Waals surface area contributed by atoms with Gasteiger partial charge in [0, 0.05) is 18.7 Å². The number of carbonyl (C=O) groups excluding carboxylic acids is 3. The highest BCUT2D eigenvalue weighted by atomic mass is 19.1. The van der Waals surface area contributed by atoms with Crippen molar-refractivity contribution in [1.29, 1.82) is 0 Å². The van der Waals surface area contributed by atoms with Gasteiger partial charge in [-0.25, -0.2) is 9.18 Å². The van der Waals surface area contributed by atoms with Crippen molar-refractivity contribution < 1.29 is 28.2 Å². The summed E-state index contributed by atoms with van der Waals surface area (Å²) < 4.78 is 23.7. The van der Waals surface area contributed by atoms with Crippen molar-refractivity contribution >= 4 is 23.5 Å². The predicted octanol–water partition coefficient (Wildman–Crippen LogP) is 2.78. The van der Waals surface area contributed by atoms with E-state index in [4.69, 9.17) is 15.2 Å². The molecule has 0 saturated heterocycles. The molecule has 0 atom stereocenters. The molecule has 0 radical (unpaired) electrons. The zero-order valence-electron chi connectivity index (χ0n) is 17.0. The van der Waals surface area contributed by atoms with Crippen molar-refractivity contribution in [3.05, 3.63) is 59.9 Å². The van der Waals surface area contributed by atoms with Gasteiger partial charge in [0.05, 0.1) is 0 Å². The number of halogens is 1. The molecule has 2 aromatic carbocycles. The van der Waals surface area contributed by atoms with Crippen molar-refractivity contribution in [3.63, 3.8) is 0 Å². The number of para-hydroxylation sites is 1. The number of esters is 1. The molecule has 2 aromatic rings. The van der Waals surface area contributed by atoms with Gasteiger partial charge >= 0.3 is 5.97 Å². The lowest BCUT2D eigenvalue weighted by Gasteiger charge is -2.22. The molecule has 0 aromatic heterocycles. The summed E-state index contributed by atoms with van der Waals surface area (Å²) in [7, 11) is 0. The summed E-state index contributed by atoms with van der Waals surface area (Å²) >= 11 is 0. The van der Waals surface area contributed by atoms with Crippen LogP contribution in [0.15, 0.2) is 48.5 Å². The Kier molecular flexibility index (Phi) is 8.34. The Morgan fingerprint density at radius 1 is 1.03 bits per heavy atom. The van der Waals surface area contributed by atoms with Crippen LogP contribution in [0.4, 0.5) is 10.1 Å². The van der Waals surface area contributed by atoms with Crippen LogP contribution in [0, 0.1) is 5.82 Å². The zero-order valence-corrected chi connectivity index (χ0v) is 17.0. The summed E-state index contributed by atoms with van der Waals surface area (Å²) in [6, 6.07) is 12.5. The maximum absolute atomic E-state index is 13.2. The number of nitrogens with zero attached hydrogens (tertiary/aromatic N) is 1. The first-order chi connectivity index (χ1) is 14.3. The summed E-state index contributed by atoms with van der Waals surface area (Å²) in [6.45, 7) is 3.10. The Hall–Kier alpha value is -3.42. The van der Waals surface area contributed by atoms with Crippen molar-refractivity contribution in [1.82, 2.24) is 0 Å². The van der Waals surface area contributed by atoms with E-state index in [1.807, 2.05) is 26.0 Å². The lowest BCUT2D eigenvalue weighted by Crippen LogP contribution is -2.37. The fourth-order valence-electron chi connectivity index (χ4n) is 2.73. The SMILES string of the molecule is CC(C)c1ccccc1OCC(=O)OCC(=O)N(CCC(N)=O)c1ccc(F)cc1. The average Bonchev–Trinajstić information content (AvgIpc) is 2.72. The normalized spacial score (nSPS) is 10.5. The summed E-state index contributed by atoms with van der Waals surface area (Å²) in [5.41, 5.74) is 6.47. The van der Waals surface area contributed by atoms with Gasteiger partial charge in [0.25, 0.3) is 5.91 Å². The second-order valence-electron chi connectivity index (χ2n) is 6.88. The van der Waals surface area contributed by atoms with E-state index in [0.29, 0.717) is 11.4 Å². The minimum absolute atomic E-state index is 0.0182. The topological polar surface area (TPSA) is 98.9 Å². The highest BCUT2D eigenvalue weighted by molar-refractivity contribution is 5.95. The molecule has 2 rings (SSSR count). The Labute approximate surface area is 174 Å². The molecule has 0 saturated carbocycles. The summed E-state index contributed by atoms with van der Waals surface area (Å²) in [6.07, 6.45) is -0.0911. The molecule has 0 heterocycles. The quantitative estimate of drug-likeness (QED) is 0.601. The first-order valence-corrected chi connectivity index (χ1v) is 9.49. The van der Waals surface area contributed by atoms with E-state index in [-0.39, 0.29) is 25.5 Å². The number of rotatable bonds is 10. The van der Waals surface area contributed by atoms with E-state index in [9.17, 15) is 18.8 Å². The van der Waals surface area contributed by atoms with Gasteiger partial charge in [-0.3, -0.25) is 9.59 Å². The predicted molar refractivity (Wildman–Crippen MR) is 110 cm³/mol. The van der Waals surface area contributed by atoms with Gasteiger partial charge in [-0.05, 0) is 41.8 Å². The van der Waals surface area contributed by atoms with Crippen LogP contribution in [0.1, 0.15) is 31.7 Å². The number of hydrogen-bond acceptors (Lipinski definition) is 5. The van der Waals surface area contributed by atoms with E-state index in [2.05, 4.69) is 0 Å². The Morgan fingerprint density at radius 3 is 2.33 bits per heavy atom. The van der Waals surface area contributed by atoms with E-state index < -0.39 is 30.2 Å². The lowest BCUT2D eigenvalue weighted by atomic mass is 10.0. The van der Waals surface area contributed by atoms with Gasteiger partial charge in [-0.15, -0.1) is 0 Å². The maximum Gasteiger partial charge on any atom is 0.344 e. The zero-order chi connectivity index (χ0) is 22.1. The largest absolute Gasteiger partial charge is 0.482 e. The Morgan fingerprint density at radius 2 is 1.70 bits per heavy atom. The third-order valence-corrected chi connectivity index (χ3v) is 4.26. The van der Waals surface area contributed by atoms with Crippen molar-refractivity contribution in [2.75, 3.05) is 24.7 Å². The minimum Gasteiger partial charge on any atom is -0.482 e. The monoisotopic (exact) mass is 416 g/mol. The van der Waals surface area contributed by atoms with E-state index >= 15 is 0 Å². The van der Waals surface area contributed by atoms with Crippen LogP contribution in [0.5, 0.6) is 5.75 Å². The number of benzene rings is 2. The standard InChI is InChI=1S/C22H25FN2O5/c1-15(2)18-5-3-4-6-19(18)29-14-22(28)30-13-21(27)25(12-11-20(24)26)17-9-7-16(23)8-10-17/h3-10,15H,11-14H2,1-2H3,(H2,24,26). The molecule has 0 unspecified atom stereocenters. The van der Waals surface area contributed by atoms with Crippen LogP contribution in [0.3, 0.4) is 0 Å². The smallest absolute Gasteiger partial charge is 0.344 e. The molecule has 2 amide bonds. The van der Waals surface area contributed by atoms with E-state index in [1.165, 1.54) is 29.2 Å². The van der Waals surface area contributed by atoms with Gasteiger partial charge in [0.15, 0.2) is 13.2 Å². The highest BCUT2D eigenvalue weighted by Gasteiger charge is 2.19. The molecular weight excluding hydrogens is 391 g/mol. The van der Waals surface area contributed by atoms with Crippen molar-refractivity contribution in [2.45, 2.75) is 26.2 Å². The number of carbonyl (C=O) groups is 3. The van der Waals surface area contributed by atoms with Gasteiger partial charge in [0.2, 0.25) is 5.91 Å². The fraction of sp³-hybridized carbons (Fsp3) is 0.318. The molecule has 0 aliphatic rings. The number of nitrogens with two attached hydrogens (primary N) is 1. The first-order valence-electron chi connectivity index (χ1n) is 9.49. The number of hydrogen-bond donors (Lipinski definition) is 1. The van der Waals surface area contributed by atoms with Crippen LogP contribution in [0.25, 0.3) is 0 Å². The molecule has 160 valence electrons. The molecular formula is C22H25FN2O5. The van der Waals surface area contributed by atoms with Crippen molar-refractivity contribution in [3.8, 4) is 5.75 Å². The lowest BCUT2D eigenvalue weighted by molar-refractivity contribution is -0.149. The first kappa shape index (κ1) is 22.9. The van der Waals surface area contributed by atoms with E-state index in [0.717, 1.165) is 5.56 Å². The maximum atomic E-state index is 13.2. The minimum atomic E-state index is -0.712. The third-order valence-electron chi connectivity index (χ3n) is 4.26.